The van der Waals surface area contributed by atoms with Crippen molar-refractivity contribution in [1.82, 2.24) is 9.13 Å². The molecule has 0 saturated carbocycles. The third-order valence-electron chi connectivity index (χ3n) is 12.0. The zero-order chi connectivity index (χ0) is 36.9. The molecule has 0 aliphatic carbocycles. The van der Waals surface area contributed by atoms with Crippen molar-refractivity contribution in [2.24, 2.45) is 30.0 Å². The van der Waals surface area contributed by atoms with Crippen LogP contribution in [0.2, 0.25) is 0 Å². The summed E-state index contributed by atoms with van der Waals surface area (Å²) < 4.78 is 4.44. The van der Waals surface area contributed by atoms with Crippen molar-refractivity contribution in [2.45, 2.75) is 6.67 Å². The fourth-order valence-electron chi connectivity index (χ4n) is 9.30. The van der Waals surface area contributed by atoms with E-state index in [-0.39, 0.29) is 0 Å². The Labute approximate surface area is 323 Å². The molecule has 0 spiro atoms. The summed E-state index contributed by atoms with van der Waals surface area (Å²) >= 11 is 0. The second kappa shape index (κ2) is 10.5. The average Bonchev–Trinajstić information content (AvgIpc) is 3.93. The molecule has 8 nitrogen and oxygen atoms in total. The number of benzene rings is 8. The molecule has 14 rings (SSSR count). The van der Waals surface area contributed by atoms with Crippen LogP contribution in [0, 0.1) is 0 Å². The Morgan fingerprint density at radius 2 is 0.596 bits per heavy atom. The first-order chi connectivity index (χ1) is 28.2. The van der Waals surface area contributed by atoms with Gasteiger partial charge in [-0.25, -0.2) is 30.0 Å². The van der Waals surface area contributed by atoms with Gasteiger partial charge in [0, 0.05) is 43.8 Å². The predicted octanol–water partition coefficient (Wildman–Crippen LogP) is 9.66. The molecule has 0 saturated heterocycles. The molecule has 8 aromatic carbocycles. The molecule has 4 aliphatic rings. The highest BCUT2D eigenvalue weighted by Crippen LogP contribution is 2.43. The second-order valence-corrected chi connectivity index (χ2v) is 15.2. The fourth-order valence-corrected chi connectivity index (χ4v) is 9.30. The Bertz CT molecular complexity index is 3590. The Morgan fingerprint density at radius 3 is 0.947 bits per heavy atom. The summed E-state index contributed by atoms with van der Waals surface area (Å²) in [7, 11) is 0. The highest BCUT2D eigenvalue weighted by molar-refractivity contribution is 6.27. The minimum absolute atomic E-state index is 0.364. The summed E-state index contributed by atoms with van der Waals surface area (Å²) in [5.41, 5.74) is 5.37. The Balaban J connectivity index is 1.22. The van der Waals surface area contributed by atoms with Crippen LogP contribution in [0.25, 0.3) is 64.6 Å². The van der Waals surface area contributed by atoms with Crippen LogP contribution in [0.1, 0.15) is 22.3 Å². The van der Waals surface area contributed by atoms with Crippen molar-refractivity contribution in [1.29, 1.82) is 0 Å². The maximum atomic E-state index is 5.52. The zero-order valence-corrected chi connectivity index (χ0v) is 30.1. The molecule has 10 aromatic rings. The van der Waals surface area contributed by atoms with Gasteiger partial charge in [0.15, 0.2) is 23.3 Å². The van der Waals surface area contributed by atoms with Gasteiger partial charge in [-0.15, -0.1) is 0 Å². The van der Waals surface area contributed by atoms with Crippen molar-refractivity contribution < 1.29 is 0 Å². The zero-order valence-electron chi connectivity index (χ0n) is 30.1. The molecule has 0 amide bonds. The molecular weight excluding hydrogens is 701 g/mol. The number of nitrogens with zero attached hydrogens (tertiary/aromatic N) is 8. The van der Waals surface area contributed by atoms with Crippen LogP contribution in [0.4, 0.5) is 11.6 Å². The number of aromatic nitrogens is 2. The van der Waals surface area contributed by atoms with Gasteiger partial charge in [0.05, 0.1) is 0 Å². The average molecular weight is 727 g/mol. The number of rotatable bonds is 0. The van der Waals surface area contributed by atoms with Gasteiger partial charge in [-0.05, 0) is 91.6 Å². The molecule has 0 fully saturated rings. The first-order valence-electron chi connectivity index (χ1n) is 19.1. The van der Waals surface area contributed by atoms with Gasteiger partial charge in [0.2, 0.25) is 0 Å². The number of aliphatic imine (C=N–C) groups is 4. The lowest BCUT2D eigenvalue weighted by Crippen LogP contribution is -2.32. The fraction of sp³-hybridized carbons (Fsp3) is 0.0204. The first kappa shape index (κ1) is 29.5. The normalized spacial score (nSPS) is 14.9. The second-order valence-electron chi connectivity index (χ2n) is 15.2. The van der Waals surface area contributed by atoms with E-state index < -0.39 is 0 Å². The number of hydrogen-bond acceptors (Lipinski definition) is 6. The topological polar surface area (TPSA) is 84.0 Å². The monoisotopic (exact) mass is 726 g/mol. The van der Waals surface area contributed by atoms with E-state index in [1.54, 1.807) is 0 Å². The highest BCUT2D eigenvalue weighted by Gasteiger charge is 2.30. The van der Waals surface area contributed by atoms with E-state index in [1.807, 2.05) is 0 Å². The van der Waals surface area contributed by atoms with Crippen LogP contribution in [0.3, 0.4) is 0 Å². The van der Waals surface area contributed by atoms with E-state index in [4.69, 9.17) is 30.0 Å². The Morgan fingerprint density at radius 1 is 0.298 bits per heavy atom. The van der Waals surface area contributed by atoms with Crippen LogP contribution in [0.15, 0.2) is 176 Å². The van der Waals surface area contributed by atoms with E-state index in [9.17, 15) is 0 Å². The van der Waals surface area contributed by atoms with E-state index >= 15 is 0 Å². The van der Waals surface area contributed by atoms with E-state index in [1.165, 1.54) is 0 Å². The maximum Gasteiger partial charge on any atom is 0.164 e. The van der Waals surface area contributed by atoms with Gasteiger partial charge in [-0.2, -0.15) is 0 Å². The summed E-state index contributed by atoms with van der Waals surface area (Å²) in [6, 6.07) is 51.6. The van der Waals surface area contributed by atoms with Crippen LogP contribution < -0.4 is 11.0 Å². The largest absolute Gasteiger partial charge is 0.291 e. The molecule has 57 heavy (non-hydrogen) atoms. The Hall–Kier alpha value is -7.84. The van der Waals surface area contributed by atoms with Crippen molar-refractivity contribution in [3.63, 3.8) is 0 Å². The van der Waals surface area contributed by atoms with Crippen molar-refractivity contribution in [2.75, 3.05) is 0 Å². The SMILES string of the molecule is c1ccc2cc3c(cc2c1)C1=NC3=Nc2c3cc4ccccc4cc3c3n2Cn2c(c4cc5ccccc5cc4c2=NC2=NC(=N3)c3cc4ccccc4cc32)=N1. The maximum absolute atomic E-state index is 5.52. The molecule has 0 radical (unpaired) electrons. The van der Waals surface area contributed by atoms with E-state index in [0.29, 0.717) is 30.0 Å². The third-order valence-corrected chi connectivity index (χ3v) is 12.0. The van der Waals surface area contributed by atoms with Crippen LogP contribution >= 0.6 is 0 Å². The van der Waals surface area contributed by atoms with Gasteiger partial charge < -0.3 is 0 Å². The van der Waals surface area contributed by atoms with Gasteiger partial charge in [0.25, 0.3) is 0 Å². The molecule has 2 aromatic heterocycles. The number of fused-ring (bicyclic) bond motifs is 18. The van der Waals surface area contributed by atoms with Gasteiger partial charge in [-0.1, -0.05) is 97.1 Å². The number of hydrogen-bond donors (Lipinski definition) is 0. The van der Waals surface area contributed by atoms with Gasteiger partial charge in [-0.3, -0.25) is 9.13 Å². The van der Waals surface area contributed by atoms with Crippen LogP contribution in [-0.2, 0) is 6.67 Å². The molecule has 0 N–H and O–H groups in total. The molecule has 8 heteroatoms. The third kappa shape index (κ3) is 4.00. The predicted molar refractivity (Wildman–Crippen MR) is 230 cm³/mol. The van der Waals surface area contributed by atoms with Gasteiger partial charge in [0.1, 0.15) is 29.3 Å². The first-order valence-corrected chi connectivity index (χ1v) is 19.1. The minimum Gasteiger partial charge on any atom is -0.291 e. The molecule has 0 unspecified atom stereocenters. The van der Waals surface area contributed by atoms with Crippen LogP contribution in [-0.4, -0.2) is 32.5 Å². The molecule has 6 heterocycles. The summed E-state index contributed by atoms with van der Waals surface area (Å²) in [6.07, 6.45) is 0. The molecular formula is C49H26N8. The quantitative estimate of drug-likeness (QED) is 0.149. The van der Waals surface area contributed by atoms with E-state index in [2.05, 4.69) is 155 Å². The van der Waals surface area contributed by atoms with Crippen LogP contribution in [0.5, 0.6) is 0 Å². The number of amidine groups is 4. The molecule has 4 aliphatic heterocycles. The lowest BCUT2D eigenvalue weighted by molar-refractivity contribution is 0.584. The summed E-state index contributed by atoms with van der Waals surface area (Å²) in [4.78, 5) is 32.6. The summed E-state index contributed by atoms with van der Waals surface area (Å²) in [5, 5.41) is 13.0. The van der Waals surface area contributed by atoms with Crippen molar-refractivity contribution in [3.05, 3.63) is 179 Å². The molecule has 6 bridgehead atoms. The van der Waals surface area contributed by atoms with E-state index in [0.717, 1.165) is 109 Å². The lowest BCUT2D eigenvalue weighted by atomic mass is 10.0. The molecule has 262 valence electrons. The smallest absolute Gasteiger partial charge is 0.164 e. The Kier molecular flexibility index (Phi) is 5.42. The van der Waals surface area contributed by atoms with Crippen molar-refractivity contribution in [3.8, 4) is 0 Å². The minimum atomic E-state index is 0.364. The van der Waals surface area contributed by atoms with Gasteiger partial charge >= 0.3 is 0 Å². The summed E-state index contributed by atoms with van der Waals surface area (Å²) in [6.45, 7) is 0.364. The van der Waals surface area contributed by atoms with Crippen molar-refractivity contribution >= 4 is 99.6 Å². The highest BCUT2D eigenvalue weighted by atomic mass is 15.3. The molecule has 0 atom stereocenters. The summed E-state index contributed by atoms with van der Waals surface area (Å²) in [5.74, 6) is 4.08. The standard InChI is InChI=1S/C49H26N8/c1-2-10-27-18-35-34(17-26(27)9-1)42-50-43(35)53-47-40-23-32-15-7-8-16-33(32)24-41(40)49-55-45-37-20-29-12-4-3-11-28(29)19-36(37)44(51-45)54-48-39-22-31-14-6-5-13-30(31)21-38(39)46(52-42)56(48)25-57(47)49/h1-24H,25H2. The lowest BCUT2D eigenvalue weighted by Gasteiger charge is -2.12.